The number of nitrogens with zero attached hydrogens (tertiary/aromatic N) is 1. The van der Waals surface area contributed by atoms with E-state index in [1.165, 1.54) is 5.56 Å². The highest BCUT2D eigenvalue weighted by molar-refractivity contribution is 8.22. The second kappa shape index (κ2) is 5.80. The maximum absolute atomic E-state index is 5.38. The van der Waals surface area contributed by atoms with E-state index in [1.807, 2.05) is 19.4 Å². The van der Waals surface area contributed by atoms with Gasteiger partial charge in [-0.05, 0) is 37.3 Å². The molecule has 1 aromatic carbocycles. The van der Waals surface area contributed by atoms with Crippen molar-refractivity contribution in [1.82, 2.24) is 4.90 Å². The van der Waals surface area contributed by atoms with Crippen molar-refractivity contribution in [3.63, 3.8) is 0 Å². The number of hydrogen-bond acceptors (Lipinski definition) is 4. The number of likely N-dealkylation sites (N-methyl/N-ethyl adjacent to an activating group) is 1. The van der Waals surface area contributed by atoms with E-state index in [4.69, 9.17) is 21.7 Å². The van der Waals surface area contributed by atoms with Gasteiger partial charge in [-0.15, -0.1) is 11.8 Å². The molecule has 0 fully saturated rings. The van der Waals surface area contributed by atoms with Gasteiger partial charge in [0.05, 0.1) is 0 Å². The fourth-order valence-corrected chi connectivity index (χ4v) is 2.52. The molecule has 1 heterocycles. The first-order valence-corrected chi connectivity index (χ1v) is 7.44. The molecule has 0 spiro atoms. The second-order valence-electron chi connectivity index (χ2n) is 4.32. The van der Waals surface area contributed by atoms with Crippen LogP contribution < -0.4 is 9.47 Å². The Bertz CT molecular complexity index is 451. The zero-order valence-electron chi connectivity index (χ0n) is 10.8. The summed E-state index contributed by atoms with van der Waals surface area (Å²) in [5, 5.41) is 0. The number of fused-ring (bicyclic) bond motifs is 1. The van der Waals surface area contributed by atoms with Crippen LogP contribution in [-0.4, -0.2) is 35.4 Å². The van der Waals surface area contributed by atoms with E-state index < -0.39 is 0 Å². The monoisotopic (exact) mass is 283 g/mol. The van der Waals surface area contributed by atoms with Gasteiger partial charge < -0.3 is 14.4 Å². The summed E-state index contributed by atoms with van der Waals surface area (Å²) < 4.78 is 11.6. The number of rotatable bonds is 3. The molecule has 98 valence electrons. The van der Waals surface area contributed by atoms with Crippen LogP contribution in [-0.2, 0) is 6.42 Å². The molecule has 5 heteroatoms. The Hall–Kier alpha value is -0.940. The minimum Gasteiger partial charge on any atom is -0.454 e. The van der Waals surface area contributed by atoms with Crippen LogP contribution in [0.1, 0.15) is 12.5 Å². The molecule has 0 N–H and O–H groups in total. The normalized spacial score (nSPS) is 14.4. The standard InChI is InChI=1S/C13H17NO2S2/c1-9(14(2)13(17)18-3)6-10-4-5-11-12(7-10)16-8-15-11/h4-5,7,9H,6,8H2,1-3H3. The van der Waals surface area contributed by atoms with Crippen LogP contribution >= 0.6 is 24.0 Å². The molecule has 1 unspecified atom stereocenters. The van der Waals surface area contributed by atoms with E-state index in [1.54, 1.807) is 11.8 Å². The van der Waals surface area contributed by atoms with Crippen molar-refractivity contribution in [2.24, 2.45) is 0 Å². The van der Waals surface area contributed by atoms with E-state index in [9.17, 15) is 0 Å². The van der Waals surface area contributed by atoms with Crippen molar-refractivity contribution < 1.29 is 9.47 Å². The maximum Gasteiger partial charge on any atom is 0.231 e. The first-order chi connectivity index (χ1) is 8.61. The molecule has 2 rings (SSSR count). The van der Waals surface area contributed by atoms with Gasteiger partial charge in [-0.3, -0.25) is 0 Å². The van der Waals surface area contributed by atoms with Crippen LogP contribution in [0.4, 0.5) is 0 Å². The molecule has 18 heavy (non-hydrogen) atoms. The molecule has 0 radical (unpaired) electrons. The minimum absolute atomic E-state index is 0.324. The van der Waals surface area contributed by atoms with Crippen LogP contribution in [0.2, 0.25) is 0 Å². The van der Waals surface area contributed by atoms with Gasteiger partial charge in [-0.1, -0.05) is 18.3 Å². The molecule has 0 saturated carbocycles. The molecule has 0 bridgehead atoms. The van der Waals surface area contributed by atoms with Gasteiger partial charge in [0, 0.05) is 13.1 Å². The highest BCUT2D eigenvalue weighted by Gasteiger charge is 2.16. The van der Waals surface area contributed by atoms with Gasteiger partial charge in [0.15, 0.2) is 11.5 Å². The zero-order valence-corrected chi connectivity index (χ0v) is 12.4. The third-order valence-electron chi connectivity index (χ3n) is 3.09. The summed E-state index contributed by atoms with van der Waals surface area (Å²) in [6.45, 7) is 2.50. The van der Waals surface area contributed by atoms with Crippen molar-refractivity contribution in [2.45, 2.75) is 19.4 Å². The highest BCUT2D eigenvalue weighted by atomic mass is 32.2. The summed E-state index contributed by atoms with van der Waals surface area (Å²) in [5.41, 5.74) is 1.24. The van der Waals surface area contributed by atoms with E-state index in [0.717, 1.165) is 22.2 Å². The number of benzene rings is 1. The Labute approximate surface area is 117 Å². The molecule has 0 aromatic heterocycles. The summed E-state index contributed by atoms with van der Waals surface area (Å²) in [4.78, 5) is 2.13. The fraction of sp³-hybridized carbons (Fsp3) is 0.462. The number of ether oxygens (including phenoxy) is 2. The van der Waals surface area contributed by atoms with Crippen molar-refractivity contribution in [3.8, 4) is 11.5 Å². The van der Waals surface area contributed by atoms with Crippen LogP contribution in [0.15, 0.2) is 18.2 Å². The molecule has 0 saturated heterocycles. The third kappa shape index (κ3) is 2.90. The lowest BCUT2D eigenvalue weighted by atomic mass is 10.1. The van der Waals surface area contributed by atoms with Crippen LogP contribution in [0.5, 0.6) is 11.5 Å². The SMILES string of the molecule is CSC(=S)N(C)C(C)Cc1ccc2c(c1)OCO2. The Kier molecular flexibility index (Phi) is 4.35. The highest BCUT2D eigenvalue weighted by Crippen LogP contribution is 2.33. The largest absolute Gasteiger partial charge is 0.454 e. The van der Waals surface area contributed by atoms with E-state index >= 15 is 0 Å². The average molecular weight is 283 g/mol. The van der Waals surface area contributed by atoms with Crippen LogP contribution in [0.3, 0.4) is 0 Å². The Morgan fingerprint density at radius 1 is 1.44 bits per heavy atom. The van der Waals surface area contributed by atoms with E-state index in [0.29, 0.717) is 12.8 Å². The Morgan fingerprint density at radius 3 is 2.89 bits per heavy atom. The molecular weight excluding hydrogens is 266 g/mol. The van der Waals surface area contributed by atoms with Crippen LogP contribution in [0, 0.1) is 0 Å². The van der Waals surface area contributed by atoms with Gasteiger partial charge in [0.25, 0.3) is 0 Å². The molecule has 0 amide bonds. The molecule has 1 atom stereocenters. The molecule has 1 aliphatic heterocycles. The Balaban J connectivity index is 2.03. The van der Waals surface area contributed by atoms with Crippen molar-refractivity contribution in [3.05, 3.63) is 23.8 Å². The summed E-state index contributed by atoms with van der Waals surface area (Å²) in [5.74, 6) is 1.68. The minimum atomic E-state index is 0.324. The molecule has 0 aliphatic carbocycles. The van der Waals surface area contributed by atoms with E-state index in [-0.39, 0.29) is 0 Å². The number of thiocarbonyl (C=S) groups is 1. The van der Waals surface area contributed by atoms with Crippen molar-refractivity contribution in [1.29, 1.82) is 0 Å². The summed E-state index contributed by atoms with van der Waals surface area (Å²) in [6, 6.07) is 6.47. The quantitative estimate of drug-likeness (QED) is 0.793. The summed E-state index contributed by atoms with van der Waals surface area (Å²) in [7, 11) is 2.04. The lowest BCUT2D eigenvalue weighted by molar-refractivity contribution is 0.174. The second-order valence-corrected chi connectivity index (χ2v) is 5.76. The zero-order chi connectivity index (χ0) is 13.1. The first-order valence-electron chi connectivity index (χ1n) is 5.81. The average Bonchev–Trinajstić information content (AvgIpc) is 2.84. The Morgan fingerprint density at radius 2 is 2.17 bits per heavy atom. The maximum atomic E-state index is 5.38. The van der Waals surface area contributed by atoms with Gasteiger partial charge in [0.1, 0.15) is 4.32 Å². The van der Waals surface area contributed by atoms with Gasteiger partial charge in [-0.2, -0.15) is 0 Å². The smallest absolute Gasteiger partial charge is 0.231 e. The predicted molar refractivity (Wildman–Crippen MR) is 79.6 cm³/mol. The third-order valence-corrected chi connectivity index (χ3v) is 4.52. The topological polar surface area (TPSA) is 21.7 Å². The van der Waals surface area contributed by atoms with Gasteiger partial charge >= 0.3 is 0 Å². The summed E-state index contributed by atoms with van der Waals surface area (Å²) >= 11 is 6.90. The molecule has 1 aromatic rings. The fourth-order valence-electron chi connectivity index (χ4n) is 1.87. The van der Waals surface area contributed by atoms with Gasteiger partial charge in [-0.25, -0.2) is 0 Å². The predicted octanol–water partition coefficient (Wildman–Crippen LogP) is 2.93. The number of hydrogen-bond donors (Lipinski definition) is 0. The molecule has 3 nitrogen and oxygen atoms in total. The number of thioether (sulfide) groups is 1. The van der Waals surface area contributed by atoms with Crippen LogP contribution in [0.25, 0.3) is 0 Å². The lowest BCUT2D eigenvalue weighted by Gasteiger charge is -2.26. The van der Waals surface area contributed by atoms with E-state index in [2.05, 4.69) is 24.0 Å². The van der Waals surface area contributed by atoms with Crippen molar-refractivity contribution >= 4 is 28.3 Å². The van der Waals surface area contributed by atoms with Gasteiger partial charge in [0.2, 0.25) is 6.79 Å². The van der Waals surface area contributed by atoms with Crippen molar-refractivity contribution in [2.75, 3.05) is 20.1 Å². The molecular formula is C13H17NO2S2. The summed E-state index contributed by atoms with van der Waals surface area (Å²) in [6.07, 6.45) is 2.94. The first kappa shape index (κ1) is 13.5. The lowest BCUT2D eigenvalue weighted by Crippen LogP contribution is -2.33. The molecule has 1 aliphatic rings.